The molecule has 0 unspecified atom stereocenters. The van der Waals surface area contributed by atoms with Crippen molar-refractivity contribution in [2.75, 3.05) is 20.8 Å². The number of benzene rings is 1. The molecule has 0 aliphatic rings. The molecule has 0 radical (unpaired) electrons. The van der Waals surface area contributed by atoms with E-state index in [4.69, 9.17) is 9.47 Å². The van der Waals surface area contributed by atoms with Gasteiger partial charge in [-0.1, -0.05) is 6.92 Å². The number of hydrogen-bond donors (Lipinski definition) is 2. The second-order valence-corrected chi connectivity index (χ2v) is 4.47. The van der Waals surface area contributed by atoms with Crippen LogP contribution in [0.3, 0.4) is 0 Å². The number of nitrogens with one attached hydrogen (secondary N) is 2. The number of rotatable bonds is 6. The zero-order chi connectivity index (χ0) is 15.2. The second-order valence-electron chi connectivity index (χ2n) is 4.47. The molecule has 0 amide bonds. The van der Waals surface area contributed by atoms with Crippen molar-refractivity contribution in [3.05, 3.63) is 40.3 Å². The summed E-state index contributed by atoms with van der Waals surface area (Å²) in [7, 11) is 3.16. The highest BCUT2D eigenvalue weighted by atomic mass is 16.5. The summed E-state index contributed by atoms with van der Waals surface area (Å²) in [5, 5.41) is 3.15. The Hall–Kier alpha value is -2.34. The maximum Gasteiger partial charge on any atom is 0.251 e. The minimum absolute atomic E-state index is 0.185. The first kappa shape index (κ1) is 15.1. The molecule has 2 rings (SSSR count). The van der Waals surface area contributed by atoms with Crippen molar-refractivity contribution >= 4 is 0 Å². The molecular weight excluding hydrogens is 270 g/mol. The van der Waals surface area contributed by atoms with Crippen LogP contribution >= 0.6 is 0 Å². The average molecular weight is 289 g/mol. The van der Waals surface area contributed by atoms with Gasteiger partial charge in [-0.3, -0.25) is 4.79 Å². The molecule has 6 nitrogen and oxygen atoms in total. The smallest absolute Gasteiger partial charge is 0.251 e. The first-order chi connectivity index (χ1) is 10.2. The summed E-state index contributed by atoms with van der Waals surface area (Å²) in [6, 6.07) is 6.86. The van der Waals surface area contributed by atoms with Crippen molar-refractivity contribution in [2.24, 2.45) is 0 Å². The summed E-state index contributed by atoms with van der Waals surface area (Å²) in [5.74, 6) is 1.78. The minimum atomic E-state index is -0.185. The fourth-order valence-electron chi connectivity index (χ4n) is 1.93. The van der Waals surface area contributed by atoms with Crippen molar-refractivity contribution < 1.29 is 9.47 Å². The Labute approximate surface area is 123 Å². The zero-order valence-electron chi connectivity index (χ0n) is 12.4. The highest BCUT2D eigenvalue weighted by Gasteiger charge is 2.08. The van der Waals surface area contributed by atoms with Crippen LogP contribution < -0.4 is 20.3 Å². The van der Waals surface area contributed by atoms with Gasteiger partial charge in [-0.05, 0) is 18.7 Å². The van der Waals surface area contributed by atoms with Crippen molar-refractivity contribution in [3.8, 4) is 22.9 Å². The number of aromatic amines is 1. The Morgan fingerprint density at radius 1 is 1.14 bits per heavy atom. The van der Waals surface area contributed by atoms with Gasteiger partial charge in [-0.15, -0.1) is 0 Å². The van der Waals surface area contributed by atoms with Crippen LogP contribution in [-0.2, 0) is 6.54 Å². The van der Waals surface area contributed by atoms with E-state index in [1.165, 1.54) is 6.07 Å². The van der Waals surface area contributed by atoms with E-state index in [2.05, 4.69) is 15.3 Å². The molecule has 1 aromatic heterocycles. The highest BCUT2D eigenvalue weighted by Crippen LogP contribution is 2.27. The third-order valence-corrected chi connectivity index (χ3v) is 2.98. The van der Waals surface area contributed by atoms with Gasteiger partial charge < -0.3 is 19.8 Å². The lowest BCUT2D eigenvalue weighted by molar-refractivity contribution is 0.394. The molecule has 1 aromatic carbocycles. The standard InChI is InChI=1S/C15H19N3O3/c1-4-16-9-11-7-14(19)18-15(17-11)10-5-12(20-2)8-13(6-10)21-3/h5-8,16H,4,9H2,1-3H3,(H,17,18,19). The number of H-pyrrole nitrogens is 1. The first-order valence-electron chi connectivity index (χ1n) is 6.70. The molecule has 0 atom stereocenters. The molecule has 0 aliphatic carbocycles. The molecule has 2 aromatic rings. The van der Waals surface area contributed by atoms with Gasteiger partial charge in [-0.25, -0.2) is 4.98 Å². The van der Waals surface area contributed by atoms with E-state index in [0.717, 1.165) is 12.1 Å². The summed E-state index contributed by atoms with van der Waals surface area (Å²) >= 11 is 0. The van der Waals surface area contributed by atoms with Gasteiger partial charge in [0, 0.05) is 24.2 Å². The maximum absolute atomic E-state index is 11.8. The van der Waals surface area contributed by atoms with Crippen LogP contribution in [0.2, 0.25) is 0 Å². The fraction of sp³-hybridized carbons (Fsp3) is 0.333. The van der Waals surface area contributed by atoms with Gasteiger partial charge in [0.25, 0.3) is 5.56 Å². The van der Waals surface area contributed by atoms with Crippen LogP contribution in [0.25, 0.3) is 11.4 Å². The molecule has 0 aliphatic heterocycles. The van der Waals surface area contributed by atoms with E-state index in [0.29, 0.717) is 29.6 Å². The molecule has 6 heteroatoms. The summed E-state index contributed by atoms with van der Waals surface area (Å²) in [5.41, 5.74) is 1.24. The molecule has 21 heavy (non-hydrogen) atoms. The van der Waals surface area contributed by atoms with Crippen LogP contribution in [0.4, 0.5) is 0 Å². The van der Waals surface area contributed by atoms with E-state index in [9.17, 15) is 4.79 Å². The van der Waals surface area contributed by atoms with E-state index < -0.39 is 0 Å². The number of aromatic nitrogens is 2. The van der Waals surface area contributed by atoms with Gasteiger partial charge in [0.05, 0.1) is 19.9 Å². The zero-order valence-corrected chi connectivity index (χ0v) is 12.4. The summed E-state index contributed by atoms with van der Waals surface area (Å²) in [6.45, 7) is 3.37. The molecule has 1 heterocycles. The van der Waals surface area contributed by atoms with Gasteiger partial charge in [0.15, 0.2) is 0 Å². The van der Waals surface area contributed by atoms with E-state index in [1.54, 1.807) is 32.4 Å². The maximum atomic E-state index is 11.8. The molecule has 2 N–H and O–H groups in total. The van der Waals surface area contributed by atoms with Crippen molar-refractivity contribution in [1.82, 2.24) is 15.3 Å². The van der Waals surface area contributed by atoms with Crippen LogP contribution in [0, 0.1) is 0 Å². The van der Waals surface area contributed by atoms with Crippen molar-refractivity contribution in [2.45, 2.75) is 13.5 Å². The van der Waals surface area contributed by atoms with Crippen LogP contribution in [0.5, 0.6) is 11.5 Å². The van der Waals surface area contributed by atoms with Crippen molar-refractivity contribution in [1.29, 1.82) is 0 Å². The van der Waals surface area contributed by atoms with Gasteiger partial charge in [-0.2, -0.15) is 0 Å². The lowest BCUT2D eigenvalue weighted by Gasteiger charge is -2.09. The fourth-order valence-corrected chi connectivity index (χ4v) is 1.93. The number of methoxy groups -OCH3 is 2. The Morgan fingerprint density at radius 2 is 1.81 bits per heavy atom. The van der Waals surface area contributed by atoms with Crippen LogP contribution in [-0.4, -0.2) is 30.7 Å². The number of nitrogens with zero attached hydrogens (tertiary/aromatic N) is 1. The summed E-state index contributed by atoms with van der Waals surface area (Å²) < 4.78 is 10.5. The van der Waals surface area contributed by atoms with E-state index >= 15 is 0 Å². The van der Waals surface area contributed by atoms with E-state index in [1.807, 2.05) is 6.92 Å². The Balaban J connectivity index is 2.45. The Morgan fingerprint density at radius 3 is 2.38 bits per heavy atom. The predicted octanol–water partition coefficient (Wildman–Crippen LogP) is 1.56. The Bertz CT molecular complexity index is 645. The monoisotopic (exact) mass is 289 g/mol. The third-order valence-electron chi connectivity index (χ3n) is 2.98. The predicted molar refractivity (Wildman–Crippen MR) is 80.8 cm³/mol. The topological polar surface area (TPSA) is 76.2 Å². The van der Waals surface area contributed by atoms with E-state index in [-0.39, 0.29) is 5.56 Å². The summed E-state index contributed by atoms with van der Waals surface area (Å²) in [4.78, 5) is 19.0. The molecule has 112 valence electrons. The van der Waals surface area contributed by atoms with Crippen molar-refractivity contribution in [3.63, 3.8) is 0 Å². The lowest BCUT2D eigenvalue weighted by atomic mass is 10.2. The third kappa shape index (κ3) is 3.82. The number of ether oxygens (including phenoxy) is 2. The quantitative estimate of drug-likeness (QED) is 0.844. The first-order valence-corrected chi connectivity index (χ1v) is 6.70. The molecule has 0 spiro atoms. The molecule has 0 fully saturated rings. The minimum Gasteiger partial charge on any atom is -0.497 e. The summed E-state index contributed by atoms with van der Waals surface area (Å²) in [6.07, 6.45) is 0. The number of hydrogen-bond acceptors (Lipinski definition) is 5. The van der Waals surface area contributed by atoms with Crippen LogP contribution in [0.1, 0.15) is 12.6 Å². The SMILES string of the molecule is CCNCc1cc(=O)[nH]c(-c2cc(OC)cc(OC)c2)n1. The lowest BCUT2D eigenvalue weighted by Crippen LogP contribution is -2.17. The molecule has 0 saturated heterocycles. The van der Waals surface area contributed by atoms with Crippen LogP contribution in [0.15, 0.2) is 29.1 Å². The van der Waals surface area contributed by atoms with Gasteiger partial charge in [0.2, 0.25) is 0 Å². The van der Waals surface area contributed by atoms with Gasteiger partial charge in [0.1, 0.15) is 17.3 Å². The molecular formula is C15H19N3O3. The van der Waals surface area contributed by atoms with Gasteiger partial charge >= 0.3 is 0 Å². The molecule has 0 bridgehead atoms. The average Bonchev–Trinajstić information content (AvgIpc) is 2.51. The Kier molecular flexibility index (Phi) is 4.94. The normalized spacial score (nSPS) is 10.4. The highest BCUT2D eigenvalue weighted by molar-refractivity contribution is 5.60. The second kappa shape index (κ2) is 6.90. The molecule has 0 saturated carbocycles. The largest absolute Gasteiger partial charge is 0.497 e.